The van der Waals surface area contributed by atoms with E-state index < -0.39 is 5.97 Å². The maximum absolute atomic E-state index is 11.3. The molecule has 0 aliphatic heterocycles. The van der Waals surface area contributed by atoms with Crippen LogP contribution in [-0.4, -0.2) is 11.1 Å². The SMILES string of the molecule is Cc1ccccc1COc1c(C)cc(Br)cc1C(=O)O. The molecule has 2 aromatic carbocycles. The van der Waals surface area contributed by atoms with Crippen LogP contribution in [0.3, 0.4) is 0 Å². The molecule has 0 aliphatic carbocycles. The zero-order valence-corrected chi connectivity index (χ0v) is 12.9. The number of rotatable bonds is 4. The first kappa shape index (κ1) is 14.6. The molecule has 1 N–H and O–H groups in total. The van der Waals surface area contributed by atoms with Crippen LogP contribution in [0.4, 0.5) is 0 Å². The van der Waals surface area contributed by atoms with Crippen molar-refractivity contribution in [3.63, 3.8) is 0 Å². The normalized spacial score (nSPS) is 10.3. The Morgan fingerprint density at radius 3 is 2.55 bits per heavy atom. The average Bonchev–Trinajstić information content (AvgIpc) is 2.38. The van der Waals surface area contributed by atoms with Crippen LogP contribution in [-0.2, 0) is 6.61 Å². The molecule has 0 saturated heterocycles. The first-order valence-electron chi connectivity index (χ1n) is 6.20. The number of hydrogen-bond acceptors (Lipinski definition) is 2. The zero-order chi connectivity index (χ0) is 14.7. The van der Waals surface area contributed by atoms with Crippen molar-refractivity contribution in [1.29, 1.82) is 0 Å². The summed E-state index contributed by atoms with van der Waals surface area (Å²) in [6, 6.07) is 11.3. The number of halogens is 1. The lowest BCUT2D eigenvalue weighted by atomic mass is 10.1. The summed E-state index contributed by atoms with van der Waals surface area (Å²) in [5, 5.41) is 9.27. The van der Waals surface area contributed by atoms with Gasteiger partial charge < -0.3 is 9.84 Å². The van der Waals surface area contributed by atoms with Crippen molar-refractivity contribution in [2.24, 2.45) is 0 Å². The van der Waals surface area contributed by atoms with E-state index in [2.05, 4.69) is 15.9 Å². The lowest BCUT2D eigenvalue weighted by Gasteiger charge is -2.14. The number of aryl methyl sites for hydroxylation is 2. The van der Waals surface area contributed by atoms with E-state index in [1.807, 2.05) is 44.2 Å². The van der Waals surface area contributed by atoms with Crippen LogP contribution in [0.1, 0.15) is 27.0 Å². The molecule has 0 saturated carbocycles. The van der Waals surface area contributed by atoms with Crippen molar-refractivity contribution in [2.75, 3.05) is 0 Å². The van der Waals surface area contributed by atoms with Crippen molar-refractivity contribution >= 4 is 21.9 Å². The Bertz CT molecular complexity index is 650. The molecule has 0 heterocycles. The van der Waals surface area contributed by atoms with Gasteiger partial charge in [0.25, 0.3) is 0 Å². The Kier molecular flexibility index (Phi) is 4.45. The van der Waals surface area contributed by atoms with Gasteiger partial charge in [-0.1, -0.05) is 40.2 Å². The quantitative estimate of drug-likeness (QED) is 0.904. The molecule has 0 spiro atoms. The highest BCUT2D eigenvalue weighted by atomic mass is 79.9. The van der Waals surface area contributed by atoms with Crippen LogP contribution in [0.2, 0.25) is 0 Å². The number of ether oxygens (including phenoxy) is 1. The average molecular weight is 335 g/mol. The van der Waals surface area contributed by atoms with Crippen molar-refractivity contribution in [3.05, 3.63) is 63.1 Å². The standard InChI is InChI=1S/C16H15BrO3/c1-10-5-3-4-6-12(10)9-20-15-11(2)7-13(17)8-14(15)16(18)19/h3-8H,9H2,1-2H3,(H,18,19). The van der Waals surface area contributed by atoms with E-state index in [1.165, 1.54) is 0 Å². The predicted octanol–water partition coefficient (Wildman–Crippen LogP) is 4.34. The Labute approximate surface area is 126 Å². The summed E-state index contributed by atoms with van der Waals surface area (Å²) in [4.78, 5) is 11.3. The van der Waals surface area contributed by atoms with Crippen molar-refractivity contribution in [2.45, 2.75) is 20.5 Å². The molecular weight excluding hydrogens is 320 g/mol. The molecule has 2 rings (SSSR count). The maximum atomic E-state index is 11.3. The second kappa shape index (κ2) is 6.09. The minimum Gasteiger partial charge on any atom is -0.488 e. The Morgan fingerprint density at radius 2 is 1.90 bits per heavy atom. The fraction of sp³-hybridized carbons (Fsp3) is 0.188. The second-order valence-electron chi connectivity index (χ2n) is 4.62. The van der Waals surface area contributed by atoms with E-state index in [1.54, 1.807) is 6.07 Å². The smallest absolute Gasteiger partial charge is 0.339 e. The Balaban J connectivity index is 2.30. The van der Waals surface area contributed by atoms with E-state index in [4.69, 9.17) is 4.74 Å². The van der Waals surface area contributed by atoms with E-state index in [0.717, 1.165) is 21.2 Å². The third-order valence-electron chi connectivity index (χ3n) is 3.10. The lowest BCUT2D eigenvalue weighted by molar-refractivity contribution is 0.0691. The highest BCUT2D eigenvalue weighted by Gasteiger charge is 2.15. The van der Waals surface area contributed by atoms with Crippen LogP contribution < -0.4 is 4.74 Å². The van der Waals surface area contributed by atoms with Gasteiger partial charge in [-0.3, -0.25) is 0 Å². The molecule has 3 nitrogen and oxygen atoms in total. The van der Waals surface area contributed by atoms with E-state index in [-0.39, 0.29) is 5.56 Å². The molecule has 0 unspecified atom stereocenters. The number of hydrogen-bond donors (Lipinski definition) is 1. The molecule has 0 aliphatic rings. The molecule has 2 aromatic rings. The van der Waals surface area contributed by atoms with Crippen LogP contribution in [0.25, 0.3) is 0 Å². The largest absolute Gasteiger partial charge is 0.488 e. The van der Waals surface area contributed by atoms with Gasteiger partial charge in [0.05, 0.1) is 0 Å². The van der Waals surface area contributed by atoms with Gasteiger partial charge in [0, 0.05) is 4.47 Å². The van der Waals surface area contributed by atoms with Gasteiger partial charge in [0.2, 0.25) is 0 Å². The number of carboxylic acids is 1. The summed E-state index contributed by atoms with van der Waals surface area (Å²) in [5.41, 5.74) is 3.14. The molecule has 20 heavy (non-hydrogen) atoms. The molecule has 0 aromatic heterocycles. The third kappa shape index (κ3) is 3.20. The molecule has 0 amide bonds. The number of benzene rings is 2. The van der Waals surface area contributed by atoms with E-state index in [0.29, 0.717) is 12.4 Å². The topological polar surface area (TPSA) is 46.5 Å². The fourth-order valence-electron chi connectivity index (χ4n) is 2.00. The number of carbonyl (C=O) groups is 1. The van der Waals surface area contributed by atoms with Gasteiger partial charge in [-0.05, 0) is 42.7 Å². The molecular formula is C16H15BrO3. The van der Waals surface area contributed by atoms with Crippen molar-refractivity contribution < 1.29 is 14.6 Å². The number of carboxylic acid groups (broad SMARTS) is 1. The first-order chi connectivity index (χ1) is 9.49. The van der Waals surface area contributed by atoms with Crippen molar-refractivity contribution in [1.82, 2.24) is 0 Å². The number of aromatic carboxylic acids is 1. The summed E-state index contributed by atoms with van der Waals surface area (Å²) in [7, 11) is 0. The van der Waals surface area contributed by atoms with Gasteiger partial charge in [-0.2, -0.15) is 0 Å². The Morgan fingerprint density at radius 1 is 1.20 bits per heavy atom. The predicted molar refractivity (Wildman–Crippen MR) is 81.3 cm³/mol. The van der Waals surface area contributed by atoms with Gasteiger partial charge in [-0.25, -0.2) is 4.79 Å². The summed E-state index contributed by atoms with van der Waals surface area (Å²) in [6.07, 6.45) is 0. The summed E-state index contributed by atoms with van der Waals surface area (Å²) in [6.45, 7) is 4.20. The zero-order valence-electron chi connectivity index (χ0n) is 11.3. The van der Waals surface area contributed by atoms with Crippen LogP contribution in [0.15, 0.2) is 40.9 Å². The van der Waals surface area contributed by atoms with Crippen LogP contribution in [0, 0.1) is 13.8 Å². The molecule has 0 fully saturated rings. The lowest BCUT2D eigenvalue weighted by Crippen LogP contribution is -2.06. The third-order valence-corrected chi connectivity index (χ3v) is 3.56. The van der Waals surface area contributed by atoms with Gasteiger partial charge >= 0.3 is 5.97 Å². The van der Waals surface area contributed by atoms with Crippen LogP contribution in [0.5, 0.6) is 5.75 Å². The highest BCUT2D eigenvalue weighted by molar-refractivity contribution is 9.10. The molecule has 0 radical (unpaired) electrons. The molecule has 0 atom stereocenters. The Hall–Kier alpha value is -1.81. The van der Waals surface area contributed by atoms with E-state index >= 15 is 0 Å². The highest BCUT2D eigenvalue weighted by Crippen LogP contribution is 2.29. The van der Waals surface area contributed by atoms with Gasteiger partial charge in [0.1, 0.15) is 17.9 Å². The summed E-state index contributed by atoms with van der Waals surface area (Å²) >= 11 is 3.30. The summed E-state index contributed by atoms with van der Waals surface area (Å²) < 4.78 is 6.48. The monoisotopic (exact) mass is 334 g/mol. The van der Waals surface area contributed by atoms with Crippen LogP contribution >= 0.6 is 15.9 Å². The van der Waals surface area contributed by atoms with Gasteiger partial charge in [0.15, 0.2) is 0 Å². The van der Waals surface area contributed by atoms with E-state index in [9.17, 15) is 9.90 Å². The fourth-order valence-corrected chi connectivity index (χ4v) is 2.57. The minimum atomic E-state index is -0.991. The summed E-state index contributed by atoms with van der Waals surface area (Å²) in [5.74, 6) is -0.571. The molecule has 4 heteroatoms. The molecule has 0 bridgehead atoms. The van der Waals surface area contributed by atoms with Crippen molar-refractivity contribution in [3.8, 4) is 5.75 Å². The maximum Gasteiger partial charge on any atom is 0.339 e. The van der Waals surface area contributed by atoms with Gasteiger partial charge in [-0.15, -0.1) is 0 Å². The second-order valence-corrected chi connectivity index (χ2v) is 5.54. The first-order valence-corrected chi connectivity index (χ1v) is 6.99. The minimum absolute atomic E-state index is 0.172. The molecule has 104 valence electrons.